The van der Waals surface area contributed by atoms with Gasteiger partial charge in [0.1, 0.15) is 0 Å². The molecule has 4 heteroatoms. The van der Waals surface area contributed by atoms with Crippen molar-refractivity contribution in [2.75, 3.05) is 6.61 Å². The summed E-state index contributed by atoms with van der Waals surface area (Å²) in [4.78, 5) is 0. The van der Waals surface area contributed by atoms with Crippen LogP contribution in [0.2, 0.25) is 0 Å². The Morgan fingerprint density at radius 1 is 1.00 bits per heavy atom. The summed E-state index contributed by atoms with van der Waals surface area (Å²) in [6.07, 6.45) is 5.26. The van der Waals surface area contributed by atoms with Crippen molar-refractivity contribution in [3.8, 4) is 0 Å². The van der Waals surface area contributed by atoms with E-state index in [1.807, 2.05) is 0 Å². The molecule has 2 aliphatic carbocycles. The summed E-state index contributed by atoms with van der Waals surface area (Å²) in [5.74, 6) is 4.30. The van der Waals surface area contributed by atoms with Crippen LogP contribution in [0.1, 0.15) is 70.1 Å². The number of hydrogen-bond acceptors (Lipinski definition) is 4. The van der Waals surface area contributed by atoms with Gasteiger partial charge in [0.2, 0.25) is 11.8 Å². The van der Waals surface area contributed by atoms with Crippen molar-refractivity contribution >= 4 is 0 Å². The monoisotopic (exact) mass is 276 g/mol. The highest BCUT2D eigenvalue weighted by Gasteiger charge is 2.51. The van der Waals surface area contributed by atoms with E-state index < -0.39 is 0 Å². The number of rotatable bonds is 3. The third-order valence-electron chi connectivity index (χ3n) is 5.10. The smallest absolute Gasteiger partial charge is 0.222 e. The van der Waals surface area contributed by atoms with E-state index in [1.54, 1.807) is 0 Å². The van der Waals surface area contributed by atoms with Gasteiger partial charge in [0, 0.05) is 12.5 Å². The summed E-state index contributed by atoms with van der Waals surface area (Å²) in [6.45, 7) is 7.46. The zero-order valence-electron chi connectivity index (χ0n) is 12.6. The molecule has 0 aromatic carbocycles. The normalized spacial score (nSPS) is 37.4. The van der Waals surface area contributed by atoms with Gasteiger partial charge in [-0.1, -0.05) is 20.8 Å². The lowest BCUT2D eigenvalue weighted by Gasteiger charge is -2.29. The lowest BCUT2D eigenvalue weighted by Crippen LogP contribution is -2.30. The Labute approximate surface area is 120 Å². The molecule has 0 amide bonds. The van der Waals surface area contributed by atoms with E-state index in [9.17, 15) is 0 Å². The molecule has 20 heavy (non-hydrogen) atoms. The molecule has 3 aliphatic rings. The lowest BCUT2D eigenvalue weighted by atomic mass is 9.81. The zero-order valence-corrected chi connectivity index (χ0v) is 12.6. The molecule has 4 nitrogen and oxygen atoms in total. The van der Waals surface area contributed by atoms with Crippen LogP contribution in [0.4, 0.5) is 0 Å². The maximum absolute atomic E-state index is 6.02. The quantitative estimate of drug-likeness (QED) is 0.847. The summed E-state index contributed by atoms with van der Waals surface area (Å²) < 4.78 is 11.9. The molecule has 3 fully saturated rings. The van der Waals surface area contributed by atoms with Gasteiger partial charge in [-0.2, -0.15) is 0 Å². The molecule has 0 spiro atoms. The summed E-state index contributed by atoms with van der Waals surface area (Å²) in [7, 11) is 0. The van der Waals surface area contributed by atoms with Gasteiger partial charge < -0.3 is 9.15 Å². The van der Waals surface area contributed by atoms with E-state index in [0.717, 1.165) is 36.6 Å². The van der Waals surface area contributed by atoms with Gasteiger partial charge in [-0.25, -0.2) is 0 Å². The summed E-state index contributed by atoms with van der Waals surface area (Å²) in [5, 5.41) is 8.67. The Balaban J connectivity index is 1.50. The minimum atomic E-state index is 0.117. The molecule has 2 saturated carbocycles. The van der Waals surface area contributed by atoms with Crippen LogP contribution in [0.25, 0.3) is 0 Å². The van der Waals surface area contributed by atoms with Crippen molar-refractivity contribution in [2.45, 2.75) is 64.4 Å². The molecule has 1 aromatic rings. The Morgan fingerprint density at radius 2 is 1.70 bits per heavy atom. The van der Waals surface area contributed by atoms with E-state index in [4.69, 9.17) is 9.15 Å². The molecular formula is C16H24N2O2. The van der Waals surface area contributed by atoms with Gasteiger partial charge in [-0.15, -0.1) is 10.2 Å². The van der Waals surface area contributed by atoms with Crippen molar-refractivity contribution in [3.63, 3.8) is 0 Å². The number of hydrogen-bond donors (Lipinski definition) is 0. The van der Waals surface area contributed by atoms with Gasteiger partial charge in [-0.05, 0) is 42.9 Å². The van der Waals surface area contributed by atoms with Gasteiger partial charge in [0.05, 0.1) is 12.0 Å². The largest absolute Gasteiger partial charge is 0.425 e. The molecule has 0 bridgehead atoms. The Hall–Kier alpha value is -0.900. The third-order valence-corrected chi connectivity index (χ3v) is 5.10. The average Bonchev–Trinajstić information content (AvgIpc) is 3.25. The Morgan fingerprint density at radius 3 is 2.35 bits per heavy atom. The molecule has 4 atom stereocenters. The van der Waals surface area contributed by atoms with Crippen LogP contribution in [0.15, 0.2) is 4.42 Å². The van der Waals surface area contributed by atoms with Gasteiger partial charge in [-0.3, -0.25) is 0 Å². The number of nitrogens with zero attached hydrogens (tertiary/aromatic N) is 2. The Kier molecular flexibility index (Phi) is 2.75. The first-order valence-electron chi connectivity index (χ1n) is 7.99. The van der Waals surface area contributed by atoms with Crippen LogP contribution in [-0.4, -0.2) is 22.9 Å². The summed E-state index contributed by atoms with van der Waals surface area (Å²) in [6, 6.07) is 0. The van der Waals surface area contributed by atoms with Crippen LogP contribution in [0.3, 0.4) is 0 Å². The first-order chi connectivity index (χ1) is 9.54. The van der Waals surface area contributed by atoms with E-state index in [-0.39, 0.29) is 17.4 Å². The molecule has 0 N–H and O–H groups in total. The predicted octanol–water partition coefficient (Wildman–Crippen LogP) is 3.50. The fourth-order valence-corrected chi connectivity index (χ4v) is 3.79. The predicted molar refractivity (Wildman–Crippen MR) is 74.4 cm³/mol. The molecule has 0 unspecified atom stereocenters. The van der Waals surface area contributed by atoms with Crippen LogP contribution in [0, 0.1) is 17.3 Å². The highest BCUT2D eigenvalue weighted by Crippen LogP contribution is 2.59. The Bertz CT molecular complexity index is 501. The van der Waals surface area contributed by atoms with E-state index >= 15 is 0 Å². The van der Waals surface area contributed by atoms with Crippen molar-refractivity contribution in [3.05, 3.63) is 11.8 Å². The van der Waals surface area contributed by atoms with Gasteiger partial charge in [0.25, 0.3) is 0 Å². The van der Waals surface area contributed by atoms with E-state index in [0.29, 0.717) is 5.92 Å². The maximum atomic E-state index is 6.02. The van der Waals surface area contributed by atoms with Gasteiger partial charge >= 0.3 is 0 Å². The fourth-order valence-electron chi connectivity index (χ4n) is 3.79. The second-order valence-corrected chi connectivity index (χ2v) is 7.87. The summed E-state index contributed by atoms with van der Waals surface area (Å²) >= 11 is 0. The highest BCUT2D eigenvalue weighted by atomic mass is 16.5. The zero-order chi connectivity index (χ0) is 13.9. The fraction of sp³-hybridized carbons (Fsp3) is 0.875. The second kappa shape index (κ2) is 4.30. The molecule has 4 rings (SSSR count). The van der Waals surface area contributed by atoms with Gasteiger partial charge in [0.15, 0.2) is 0 Å². The standard InChI is InChI=1S/C16H24N2O2/c1-16(2,3)13-10(6-7-19-13)14-17-18-15(20-14)12-8-11(12)9-4-5-9/h9-13H,4-8H2,1-3H3/t10-,11-,12+,13-/m0/s1. The van der Waals surface area contributed by atoms with E-state index in [2.05, 4.69) is 31.0 Å². The molecule has 1 saturated heterocycles. The van der Waals surface area contributed by atoms with E-state index in [1.165, 1.54) is 19.3 Å². The van der Waals surface area contributed by atoms with Crippen LogP contribution >= 0.6 is 0 Å². The first kappa shape index (κ1) is 12.8. The van der Waals surface area contributed by atoms with Crippen molar-refractivity contribution in [2.24, 2.45) is 17.3 Å². The van der Waals surface area contributed by atoms with Crippen molar-refractivity contribution < 1.29 is 9.15 Å². The highest BCUT2D eigenvalue weighted by molar-refractivity contribution is 5.12. The minimum absolute atomic E-state index is 0.117. The topological polar surface area (TPSA) is 48.2 Å². The van der Waals surface area contributed by atoms with Crippen LogP contribution < -0.4 is 0 Å². The number of ether oxygens (including phenoxy) is 1. The van der Waals surface area contributed by atoms with Crippen LogP contribution in [0.5, 0.6) is 0 Å². The first-order valence-corrected chi connectivity index (χ1v) is 7.99. The number of aromatic nitrogens is 2. The minimum Gasteiger partial charge on any atom is -0.425 e. The molecule has 0 radical (unpaired) electrons. The summed E-state index contributed by atoms with van der Waals surface area (Å²) in [5.41, 5.74) is 0.117. The molecular weight excluding hydrogens is 252 g/mol. The van der Waals surface area contributed by atoms with Crippen molar-refractivity contribution in [1.29, 1.82) is 0 Å². The SMILES string of the molecule is CC(C)(C)[C@H]1OCC[C@@H]1c1nnc([C@@H]2C[C@H]2C2CC2)o1. The molecule has 1 aliphatic heterocycles. The molecule has 1 aromatic heterocycles. The van der Waals surface area contributed by atoms with Crippen LogP contribution in [-0.2, 0) is 4.74 Å². The molecule has 110 valence electrons. The average molecular weight is 276 g/mol. The third kappa shape index (κ3) is 2.18. The lowest BCUT2D eigenvalue weighted by molar-refractivity contribution is 0.0170. The van der Waals surface area contributed by atoms with Crippen molar-refractivity contribution in [1.82, 2.24) is 10.2 Å². The molecule has 2 heterocycles. The second-order valence-electron chi connectivity index (χ2n) is 7.87. The maximum Gasteiger partial charge on any atom is 0.222 e.